The van der Waals surface area contributed by atoms with Gasteiger partial charge in [-0.25, -0.2) is 4.98 Å². The molecule has 3 nitrogen and oxygen atoms in total. The summed E-state index contributed by atoms with van der Waals surface area (Å²) in [6, 6.07) is 6.69. The molecule has 1 aliphatic rings. The Labute approximate surface area is 117 Å². The molecule has 0 unspecified atom stereocenters. The van der Waals surface area contributed by atoms with Crippen molar-refractivity contribution in [3.63, 3.8) is 0 Å². The van der Waals surface area contributed by atoms with Gasteiger partial charge < -0.3 is 10.6 Å². The second-order valence-corrected chi connectivity index (χ2v) is 5.62. The van der Waals surface area contributed by atoms with E-state index in [0.717, 1.165) is 19.5 Å². The number of aromatic nitrogens is 1. The first-order chi connectivity index (χ1) is 8.22. The lowest BCUT2D eigenvalue weighted by Crippen LogP contribution is -2.18. The minimum Gasteiger partial charge on any atom is -0.375 e. The number of fused-ring (bicyclic) bond motifs is 1. The van der Waals surface area contributed by atoms with Crippen molar-refractivity contribution in [2.75, 3.05) is 17.2 Å². The fraction of sp³-hybridized carbons (Fsp3) is 0.308. The van der Waals surface area contributed by atoms with Crippen molar-refractivity contribution in [1.29, 1.82) is 0 Å². The third-order valence-electron chi connectivity index (χ3n) is 3.14. The van der Waals surface area contributed by atoms with E-state index in [9.17, 15) is 0 Å². The summed E-state index contributed by atoms with van der Waals surface area (Å²) in [5.41, 5.74) is 9.82. The lowest BCUT2D eigenvalue weighted by atomic mass is 10.1. The molecule has 2 heterocycles. The summed E-state index contributed by atoms with van der Waals surface area (Å²) in [6.45, 7) is 4.16. The lowest BCUT2D eigenvalue weighted by molar-refractivity contribution is 0.844. The third kappa shape index (κ3) is 2.44. The largest absolute Gasteiger partial charge is 0.375 e. The van der Waals surface area contributed by atoms with Crippen LogP contribution in [0.2, 0.25) is 0 Å². The number of thiazole rings is 1. The highest BCUT2D eigenvalue weighted by molar-refractivity contribution is 7.15. The van der Waals surface area contributed by atoms with Gasteiger partial charge in [0.05, 0.1) is 6.54 Å². The van der Waals surface area contributed by atoms with Crippen LogP contribution in [-0.4, -0.2) is 11.5 Å². The normalized spacial score (nSPS) is 13.3. The van der Waals surface area contributed by atoms with Gasteiger partial charge in [0.1, 0.15) is 0 Å². The summed E-state index contributed by atoms with van der Waals surface area (Å²) in [5, 5.41) is 0.656. The molecule has 0 amide bonds. The minimum atomic E-state index is 0. The van der Waals surface area contributed by atoms with Crippen LogP contribution in [0, 0.1) is 6.92 Å². The molecular formula is C13H16ClN3S. The molecule has 96 valence electrons. The Morgan fingerprint density at radius 3 is 3.00 bits per heavy atom. The summed E-state index contributed by atoms with van der Waals surface area (Å²) in [6.07, 6.45) is 3.03. The van der Waals surface area contributed by atoms with Gasteiger partial charge in [-0.05, 0) is 25.0 Å². The van der Waals surface area contributed by atoms with Crippen LogP contribution in [-0.2, 0) is 13.0 Å². The van der Waals surface area contributed by atoms with Gasteiger partial charge in [-0.15, -0.1) is 23.7 Å². The Kier molecular flexibility index (Phi) is 3.78. The molecule has 2 N–H and O–H groups in total. The quantitative estimate of drug-likeness (QED) is 0.920. The van der Waals surface area contributed by atoms with E-state index < -0.39 is 0 Å². The standard InChI is InChI=1S/C13H15N3S.ClH/c1-9-2-3-12-10(6-9)4-5-16(12)8-11-7-15-13(14)17-11;/h2-3,6-7H,4-5,8H2,1H3,(H2,14,15);1H. The molecule has 0 spiro atoms. The summed E-state index contributed by atoms with van der Waals surface area (Å²) in [4.78, 5) is 7.74. The van der Waals surface area contributed by atoms with Gasteiger partial charge in [0.15, 0.2) is 5.13 Å². The first kappa shape index (κ1) is 13.2. The Hall–Kier alpha value is -1.26. The Morgan fingerprint density at radius 2 is 2.28 bits per heavy atom. The Bertz CT molecular complexity index is 553. The van der Waals surface area contributed by atoms with Crippen LogP contribution in [0.25, 0.3) is 0 Å². The maximum Gasteiger partial charge on any atom is 0.180 e. The van der Waals surface area contributed by atoms with E-state index >= 15 is 0 Å². The van der Waals surface area contributed by atoms with Crippen LogP contribution in [0.4, 0.5) is 10.8 Å². The van der Waals surface area contributed by atoms with E-state index in [0.29, 0.717) is 5.13 Å². The molecule has 0 aliphatic carbocycles. The molecule has 2 aromatic rings. The van der Waals surface area contributed by atoms with E-state index in [-0.39, 0.29) is 12.4 Å². The molecule has 1 aliphatic heterocycles. The van der Waals surface area contributed by atoms with Gasteiger partial charge in [-0.3, -0.25) is 0 Å². The van der Waals surface area contributed by atoms with E-state index in [1.165, 1.54) is 21.7 Å². The van der Waals surface area contributed by atoms with E-state index in [4.69, 9.17) is 5.73 Å². The predicted molar refractivity (Wildman–Crippen MR) is 79.7 cm³/mol. The third-order valence-corrected chi connectivity index (χ3v) is 3.96. The van der Waals surface area contributed by atoms with Gasteiger partial charge in [0, 0.05) is 23.3 Å². The summed E-state index contributed by atoms with van der Waals surface area (Å²) in [5.74, 6) is 0. The molecule has 0 radical (unpaired) electrons. The van der Waals surface area contributed by atoms with Gasteiger partial charge >= 0.3 is 0 Å². The van der Waals surface area contributed by atoms with Crippen molar-refractivity contribution in [2.45, 2.75) is 19.9 Å². The second kappa shape index (κ2) is 5.16. The number of anilines is 2. The molecule has 5 heteroatoms. The van der Waals surface area contributed by atoms with Crippen molar-refractivity contribution < 1.29 is 0 Å². The van der Waals surface area contributed by atoms with Crippen LogP contribution in [0.15, 0.2) is 24.4 Å². The molecule has 3 rings (SSSR count). The van der Waals surface area contributed by atoms with E-state index in [2.05, 4.69) is 35.0 Å². The molecule has 18 heavy (non-hydrogen) atoms. The summed E-state index contributed by atoms with van der Waals surface area (Å²) >= 11 is 1.58. The number of hydrogen-bond acceptors (Lipinski definition) is 4. The zero-order chi connectivity index (χ0) is 11.8. The number of halogens is 1. The van der Waals surface area contributed by atoms with Crippen LogP contribution in [0.3, 0.4) is 0 Å². The topological polar surface area (TPSA) is 42.2 Å². The highest BCUT2D eigenvalue weighted by Gasteiger charge is 2.19. The smallest absolute Gasteiger partial charge is 0.180 e. The van der Waals surface area contributed by atoms with Crippen LogP contribution < -0.4 is 10.6 Å². The molecule has 0 fully saturated rings. The first-order valence-corrected chi connectivity index (χ1v) is 6.59. The monoisotopic (exact) mass is 281 g/mol. The average molecular weight is 282 g/mol. The number of benzene rings is 1. The first-order valence-electron chi connectivity index (χ1n) is 5.77. The maximum absolute atomic E-state index is 5.66. The summed E-state index contributed by atoms with van der Waals surface area (Å²) < 4.78 is 0. The number of nitrogens with zero attached hydrogens (tertiary/aromatic N) is 2. The van der Waals surface area contributed by atoms with E-state index in [1.807, 2.05) is 6.20 Å². The van der Waals surface area contributed by atoms with Crippen molar-refractivity contribution >= 4 is 34.6 Å². The van der Waals surface area contributed by atoms with Crippen molar-refractivity contribution in [2.24, 2.45) is 0 Å². The number of hydrogen-bond donors (Lipinski definition) is 1. The number of aryl methyl sites for hydroxylation is 1. The van der Waals surface area contributed by atoms with Crippen LogP contribution in [0.5, 0.6) is 0 Å². The highest BCUT2D eigenvalue weighted by atomic mass is 35.5. The van der Waals surface area contributed by atoms with Gasteiger partial charge in [-0.2, -0.15) is 0 Å². The Balaban J connectivity index is 0.00000120. The summed E-state index contributed by atoms with van der Waals surface area (Å²) in [7, 11) is 0. The molecular weight excluding hydrogens is 266 g/mol. The van der Waals surface area contributed by atoms with Gasteiger partial charge in [0.2, 0.25) is 0 Å². The highest BCUT2D eigenvalue weighted by Crippen LogP contribution is 2.31. The van der Waals surface area contributed by atoms with Gasteiger partial charge in [-0.1, -0.05) is 17.7 Å². The van der Waals surface area contributed by atoms with Crippen molar-refractivity contribution in [3.8, 4) is 0 Å². The SMILES string of the molecule is Cc1ccc2c(c1)CCN2Cc1cnc(N)s1.Cl. The molecule has 0 atom stereocenters. The average Bonchev–Trinajstić information content (AvgIpc) is 2.86. The molecule has 1 aromatic carbocycles. The minimum absolute atomic E-state index is 0. The molecule has 1 aromatic heterocycles. The molecule has 0 saturated carbocycles. The maximum atomic E-state index is 5.66. The Morgan fingerprint density at radius 1 is 1.44 bits per heavy atom. The fourth-order valence-electron chi connectivity index (χ4n) is 2.35. The molecule has 0 bridgehead atoms. The number of rotatable bonds is 2. The predicted octanol–water partition coefficient (Wildman–Crippen LogP) is 3.02. The van der Waals surface area contributed by atoms with Crippen molar-refractivity contribution in [1.82, 2.24) is 4.98 Å². The van der Waals surface area contributed by atoms with E-state index in [1.54, 1.807) is 11.3 Å². The number of nitrogen functional groups attached to an aromatic ring is 1. The second-order valence-electron chi connectivity index (χ2n) is 4.47. The van der Waals surface area contributed by atoms with Crippen LogP contribution >= 0.6 is 23.7 Å². The lowest BCUT2D eigenvalue weighted by Gasteiger charge is -2.18. The zero-order valence-electron chi connectivity index (χ0n) is 10.2. The fourth-order valence-corrected chi connectivity index (χ4v) is 3.05. The number of nitrogens with two attached hydrogens (primary N) is 1. The molecule has 0 saturated heterocycles. The van der Waals surface area contributed by atoms with Crippen LogP contribution in [0.1, 0.15) is 16.0 Å². The zero-order valence-corrected chi connectivity index (χ0v) is 11.9. The van der Waals surface area contributed by atoms with Gasteiger partial charge in [0.25, 0.3) is 0 Å². The van der Waals surface area contributed by atoms with Crippen molar-refractivity contribution in [3.05, 3.63) is 40.4 Å².